The molecule has 2 aromatic rings. The Morgan fingerprint density at radius 2 is 2.04 bits per heavy atom. The standard InChI is InChI=1S/C19H23N3O/c1-14-17(12-20-21(14)2)18(23)22-13-16-10-6-7-11-19(16,22)15-8-4-3-5-9-15/h3-5,8-9,12,16H,6-7,10-11,13H2,1-2H3/t16-,19+/m0/s1. The molecule has 4 heteroatoms. The van der Waals surface area contributed by atoms with Crippen molar-refractivity contribution in [3.63, 3.8) is 0 Å². The molecule has 2 heterocycles. The highest BCUT2D eigenvalue weighted by molar-refractivity contribution is 5.96. The molecule has 0 N–H and O–H groups in total. The number of amides is 1. The van der Waals surface area contributed by atoms with E-state index in [1.54, 1.807) is 10.9 Å². The second kappa shape index (κ2) is 5.22. The van der Waals surface area contributed by atoms with E-state index in [1.807, 2.05) is 20.0 Å². The Morgan fingerprint density at radius 3 is 2.70 bits per heavy atom. The normalized spacial score (nSPS) is 26.5. The average molecular weight is 309 g/mol. The predicted molar refractivity (Wildman–Crippen MR) is 89.1 cm³/mol. The molecule has 2 atom stereocenters. The van der Waals surface area contributed by atoms with Gasteiger partial charge in [0.15, 0.2) is 0 Å². The van der Waals surface area contributed by atoms with Crippen molar-refractivity contribution in [1.29, 1.82) is 0 Å². The fourth-order valence-electron chi connectivity index (χ4n) is 4.48. The number of carbonyl (C=O) groups excluding carboxylic acids is 1. The first-order valence-corrected chi connectivity index (χ1v) is 8.50. The Bertz CT molecular complexity index is 736. The smallest absolute Gasteiger partial charge is 0.258 e. The van der Waals surface area contributed by atoms with Crippen molar-refractivity contribution in [3.8, 4) is 0 Å². The molecule has 1 aliphatic carbocycles. The average Bonchev–Trinajstić information content (AvgIpc) is 2.89. The van der Waals surface area contributed by atoms with Crippen molar-refractivity contribution < 1.29 is 4.79 Å². The number of benzene rings is 1. The fourth-order valence-corrected chi connectivity index (χ4v) is 4.48. The zero-order chi connectivity index (χ0) is 16.0. The summed E-state index contributed by atoms with van der Waals surface area (Å²) < 4.78 is 1.78. The molecular formula is C19H23N3O. The zero-order valence-corrected chi connectivity index (χ0v) is 13.8. The molecule has 0 unspecified atom stereocenters. The summed E-state index contributed by atoms with van der Waals surface area (Å²) in [5.41, 5.74) is 2.88. The summed E-state index contributed by atoms with van der Waals surface area (Å²) in [6.07, 6.45) is 6.50. The summed E-state index contributed by atoms with van der Waals surface area (Å²) in [6, 6.07) is 10.6. The van der Waals surface area contributed by atoms with Gasteiger partial charge in [0.25, 0.3) is 5.91 Å². The van der Waals surface area contributed by atoms with Gasteiger partial charge in [-0.2, -0.15) is 5.10 Å². The van der Waals surface area contributed by atoms with Gasteiger partial charge in [0.1, 0.15) is 0 Å². The van der Waals surface area contributed by atoms with Gasteiger partial charge < -0.3 is 4.90 Å². The lowest BCUT2D eigenvalue weighted by Crippen LogP contribution is -2.67. The molecule has 1 amide bonds. The first-order valence-electron chi connectivity index (χ1n) is 8.50. The van der Waals surface area contributed by atoms with E-state index in [4.69, 9.17) is 0 Å². The topological polar surface area (TPSA) is 38.1 Å². The van der Waals surface area contributed by atoms with E-state index < -0.39 is 0 Å². The molecule has 23 heavy (non-hydrogen) atoms. The summed E-state index contributed by atoms with van der Waals surface area (Å²) in [7, 11) is 1.89. The number of fused-ring (bicyclic) bond motifs is 1. The van der Waals surface area contributed by atoms with E-state index >= 15 is 0 Å². The van der Waals surface area contributed by atoms with Crippen LogP contribution in [-0.4, -0.2) is 27.1 Å². The first-order chi connectivity index (χ1) is 11.1. The number of rotatable bonds is 2. The lowest BCUT2D eigenvalue weighted by atomic mass is 9.61. The second-order valence-electron chi connectivity index (χ2n) is 6.92. The summed E-state index contributed by atoms with van der Waals surface area (Å²) in [5, 5.41) is 4.25. The highest BCUT2D eigenvalue weighted by Gasteiger charge is 2.57. The molecule has 2 fully saturated rings. The highest BCUT2D eigenvalue weighted by Crippen LogP contribution is 2.54. The minimum Gasteiger partial charge on any atom is -0.328 e. The lowest BCUT2D eigenvalue weighted by Gasteiger charge is -2.61. The van der Waals surface area contributed by atoms with Crippen LogP contribution in [0.4, 0.5) is 0 Å². The number of aromatic nitrogens is 2. The minimum atomic E-state index is -0.0983. The van der Waals surface area contributed by atoms with Crippen LogP contribution in [0.15, 0.2) is 36.5 Å². The van der Waals surface area contributed by atoms with Crippen LogP contribution in [0.25, 0.3) is 0 Å². The molecular weight excluding hydrogens is 286 g/mol. The van der Waals surface area contributed by atoms with Crippen LogP contribution in [0, 0.1) is 12.8 Å². The van der Waals surface area contributed by atoms with Gasteiger partial charge in [0, 0.05) is 25.2 Å². The maximum Gasteiger partial charge on any atom is 0.258 e. The number of hydrogen-bond acceptors (Lipinski definition) is 2. The maximum absolute atomic E-state index is 13.2. The minimum absolute atomic E-state index is 0.0983. The first kappa shape index (κ1) is 14.5. The van der Waals surface area contributed by atoms with Crippen molar-refractivity contribution in [1.82, 2.24) is 14.7 Å². The van der Waals surface area contributed by atoms with Gasteiger partial charge in [-0.3, -0.25) is 9.48 Å². The molecule has 4 nitrogen and oxygen atoms in total. The molecule has 1 aromatic heterocycles. The lowest BCUT2D eigenvalue weighted by molar-refractivity contribution is -0.0869. The maximum atomic E-state index is 13.2. The molecule has 4 rings (SSSR count). The number of hydrogen-bond donors (Lipinski definition) is 0. The number of carbonyl (C=O) groups is 1. The molecule has 0 spiro atoms. The number of nitrogens with zero attached hydrogens (tertiary/aromatic N) is 3. The van der Waals surface area contributed by atoms with Gasteiger partial charge in [-0.25, -0.2) is 0 Å². The number of aryl methyl sites for hydroxylation is 1. The molecule has 0 bridgehead atoms. The largest absolute Gasteiger partial charge is 0.328 e. The van der Waals surface area contributed by atoms with Crippen molar-refractivity contribution in [2.45, 2.75) is 38.1 Å². The van der Waals surface area contributed by atoms with Crippen molar-refractivity contribution in [2.24, 2.45) is 13.0 Å². The fraction of sp³-hybridized carbons (Fsp3) is 0.474. The molecule has 1 aliphatic heterocycles. The van der Waals surface area contributed by atoms with E-state index in [2.05, 4.69) is 34.3 Å². The summed E-state index contributed by atoms with van der Waals surface area (Å²) in [4.78, 5) is 15.3. The van der Waals surface area contributed by atoms with E-state index in [9.17, 15) is 4.79 Å². The van der Waals surface area contributed by atoms with Crippen molar-refractivity contribution >= 4 is 5.91 Å². The predicted octanol–water partition coefficient (Wildman–Crippen LogP) is 3.27. The molecule has 2 aliphatic rings. The van der Waals surface area contributed by atoms with Crippen LogP contribution in [0.1, 0.15) is 47.3 Å². The van der Waals surface area contributed by atoms with Crippen LogP contribution >= 0.6 is 0 Å². The second-order valence-corrected chi connectivity index (χ2v) is 6.92. The third-order valence-electron chi connectivity index (χ3n) is 5.90. The van der Waals surface area contributed by atoms with E-state index in [-0.39, 0.29) is 11.4 Å². The highest BCUT2D eigenvalue weighted by atomic mass is 16.2. The zero-order valence-electron chi connectivity index (χ0n) is 13.8. The Hall–Kier alpha value is -2.10. The van der Waals surface area contributed by atoms with Gasteiger partial charge in [0.05, 0.1) is 17.3 Å². The van der Waals surface area contributed by atoms with E-state index in [1.165, 1.54) is 24.8 Å². The summed E-state index contributed by atoms with van der Waals surface area (Å²) in [5.74, 6) is 0.734. The van der Waals surface area contributed by atoms with Crippen LogP contribution in [0.5, 0.6) is 0 Å². The van der Waals surface area contributed by atoms with Gasteiger partial charge in [-0.15, -0.1) is 0 Å². The van der Waals surface area contributed by atoms with Crippen LogP contribution in [-0.2, 0) is 12.6 Å². The van der Waals surface area contributed by atoms with Crippen LogP contribution in [0.3, 0.4) is 0 Å². The Kier molecular flexibility index (Phi) is 3.29. The third-order valence-corrected chi connectivity index (χ3v) is 5.90. The van der Waals surface area contributed by atoms with Gasteiger partial charge in [-0.05, 0) is 25.3 Å². The van der Waals surface area contributed by atoms with Crippen LogP contribution in [0.2, 0.25) is 0 Å². The molecule has 1 saturated heterocycles. The van der Waals surface area contributed by atoms with Gasteiger partial charge >= 0.3 is 0 Å². The number of likely N-dealkylation sites (tertiary alicyclic amines) is 1. The molecule has 120 valence electrons. The van der Waals surface area contributed by atoms with Crippen LogP contribution < -0.4 is 0 Å². The monoisotopic (exact) mass is 309 g/mol. The summed E-state index contributed by atoms with van der Waals surface area (Å²) >= 11 is 0. The molecule has 1 aromatic carbocycles. The van der Waals surface area contributed by atoms with E-state index in [0.717, 1.165) is 24.2 Å². The molecule has 0 radical (unpaired) electrons. The van der Waals surface area contributed by atoms with Crippen molar-refractivity contribution in [3.05, 3.63) is 53.3 Å². The molecule has 1 saturated carbocycles. The Balaban J connectivity index is 1.74. The van der Waals surface area contributed by atoms with Gasteiger partial charge in [0.2, 0.25) is 0 Å². The van der Waals surface area contributed by atoms with Gasteiger partial charge in [-0.1, -0.05) is 43.2 Å². The van der Waals surface area contributed by atoms with Crippen molar-refractivity contribution in [2.75, 3.05) is 6.54 Å². The Morgan fingerprint density at radius 1 is 1.26 bits per heavy atom. The third kappa shape index (κ3) is 1.97. The quantitative estimate of drug-likeness (QED) is 0.854. The summed E-state index contributed by atoms with van der Waals surface area (Å²) in [6.45, 7) is 2.84. The SMILES string of the molecule is Cc1c(C(=O)N2C[C@@H]3CCCC[C@@]32c2ccccc2)cnn1C. The Labute approximate surface area is 137 Å². The van der Waals surface area contributed by atoms with E-state index in [0.29, 0.717) is 5.92 Å².